The van der Waals surface area contributed by atoms with E-state index in [4.69, 9.17) is 0 Å². The maximum absolute atomic E-state index is 12.0. The molecule has 0 aromatic heterocycles. The molecule has 0 unspecified atom stereocenters. The van der Waals surface area contributed by atoms with Gasteiger partial charge in [0.2, 0.25) is 5.91 Å². The highest BCUT2D eigenvalue weighted by Gasteiger charge is 2.27. The number of amides is 2. The molecule has 0 saturated heterocycles. The first-order chi connectivity index (χ1) is 11.1. The highest BCUT2D eigenvalue weighted by Crippen LogP contribution is 2.24. The van der Waals surface area contributed by atoms with Crippen LogP contribution in [0.1, 0.15) is 33.1 Å². The number of allylic oxidation sites excluding steroid dienone is 3. The number of alkyl halides is 3. The van der Waals surface area contributed by atoms with Gasteiger partial charge in [-0.3, -0.25) is 14.4 Å². The van der Waals surface area contributed by atoms with Crippen LogP contribution >= 0.6 is 0 Å². The number of halogens is 3. The minimum atomic E-state index is -4.45. The molecule has 8 heteroatoms. The van der Waals surface area contributed by atoms with Crippen LogP contribution in [0.4, 0.5) is 13.2 Å². The number of nitrogens with one attached hydrogen (secondary N) is 2. The number of hydrogen-bond donors (Lipinski definition) is 2. The van der Waals surface area contributed by atoms with E-state index in [1.54, 1.807) is 18.3 Å². The zero-order valence-electron chi connectivity index (χ0n) is 13.4. The van der Waals surface area contributed by atoms with Crippen molar-refractivity contribution in [1.29, 1.82) is 0 Å². The Labute approximate surface area is 137 Å². The second-order valence-corrected chi connectivity index (χ2v) is 5.36. The Balaban J connectivity index is 2.48. The van der Waals surface area contributed by atoms with Crippen LogP contribution in [0.15, 0.2) is 35.1 Å². The first-order valence-electron chi connectivity index (χ1n) is 7.30. The fraction of sp³-hybridized carbons (Fsp3) is 0.438. The van der Waals surface area contributed by atoms with E-state index < -0.39 is 18.6 Å². The van der Waals surface area contributed by atoms with Gasteiger partial charge < -0.3 is 10.6 Å². The number of carbonyl (C=O) groups excluding carboxylic acids is 3. The van der Waals surface area contributed by atoms with Gasteiger partial charge in [0, 0.05) is 18.2 Å². The van der Waals surface area contributed by atoms with Gasteiger partial charge in [0.25, 0.3) is 5.91 Å². The molecule has 0 saturated carbocycles. The van der Waals surface area contributed by atoms with Crippen molar-refractivity contribution < 1.29 is 27.6 Å². The normalized spacial score (nSPS) is 15.3. The highest BCUT2D eigenvalue weighted by atomic mass is 19.4. The summed E-state index contributed by atoms with van der Waals surface area (Å²) in [5, 5.41) is 4.18. The zero-order valence-corrected chi connectivity index (χ0v) is 13.4. The number of carbonyl (C=O) groups is 3. The van der Waals surface area contributed by atoms with Crippen LogP contribution in [-0.2, 0) is 14.4 Å². The molecule has 0 spiro atoms. The van der Waals surface area contributed by atoms with Crippen LogP contribution < -0.4 is 10.6 Å². The SMILES string of the molecule is CC(=O)C1=CC(C)=C(C(=O)N/C=C/CC(=O)NCC(F)(F)F)CC1. The fourth-order valence-corrected chi connectivity index (χ4v) is 2.11. The minimum absolute atomic E-state index is 0.0291. The van der Waals surface area contributed by atoms with Gasteiger partial charge in [0.1, 0.15) is 6.54 Å². The first kappa shape index (κ1) is 19.7. The third-order valence-corrected chi connectivity index (χ3v) is 3.36. The Kier molecular flexibility index (Phi) is 6.94. The smallest absolute Gasteiger partial charge is 0.347 e. The summed E-state index contributed by atoms with van der Waals surface area (Å²) in [5.74, 6) is -1.18. The van der Waals surface area contributed by atoms with Crippen LogP contribution in [0.25, 0.3) is 0 Å². The second kappa shape index (κ2) is 8.47. The van der Waals surface area contributed by atoms with E-state index >= 15 is 0 Å². The Morgan fingerprint density at radius 1 is 1.25 bits per heavy atom. The molecule has 2 amide bonds. The molecule has 5 nitrogen and oxygen atoms in total. The summed E-state index contributed by atoms with van der Waals surface area (Å²) in [7, 11) is 0. The molecule has 0 aliphatic heterocycles. The summed E-state index contributed by atoms with van der Waals surface area (Å²) in [6, 6.07) is 0. The van der Waals surface area contributed by atoms with Gasteiger partial charge in [-0.05, 0) is 37.8 Å². The maximum atomic E-state index is 12.0. The molecular formula is C16H19F3N2O3. The Bertz CT molecular complexity index is 617. The van der Waals surface area contributed by atoms with E-state index in [1.165, 1.54) is 19.2 Å². The first-order valence-corrected chi connectivity index (χ1v) is 7.30. The van der Waals surface area contributed by atoms with Crippen molar-refractivity contribution in [3.8, 4) is 0 Å². The second-order valence-electron chi connectivity index (χ2n) is 5.36. The van der Waals surface area contributed by atoms with Crippen molar-refractivity contribution in [3.05, 3.63) is 35.1 Å². The van der Waals surface area contributed by atoms with Crippen molar-refractivity contribution in [2.45, 2.75) is 39.3 Å². The van der Waals surface area contributed by atoms with E-state index in [2.05, 4.69) is 5.32 Å². The average molecular weight is 344 g/mol. The number of Topliss-reactive ketones (excluding diaryl/α,β-unsaturated/α-hetero) is 1. The monoisotopic (exact) mass is 344 g/mol. The molecule has 0 bridgehead atoms. The van der Waals surface area contributed by atoms with Crippen molar-refractivity contribution in [1.82, 2.24) is 10.6 Å². The van der Waals surface area contributed by atoms with Crippen LogP contribution in [0.2, 0.25) is 0 Å². The zero-order chi connectivity index (χ0) is 18.3. The third-order valence-electron chi connectivity index (χ3n) is 3.36. The number of ketones is 1. The van der Waals surface area contributed by atoms with Crippen molar-refractivity contribution >= 4 is 17.6 Å². The molecule has 2 N–H and O–H groups in total. The summed E-state index contributed by atoms with van der Waals surface area (Å²) in [6.45, 7) is 1.81. The molecule has 0 aromatic rings. The predicted octanol–water partition coefficient (Wildman–Crippen LogP) is 2.31. The van der Waals surface area contributed by atoms with Gasteiger partial charge in [0.15, 0.2) is 5.78 Å². The van der Waals surface area contributed by atoms with E-state index in [0.717, 1.165) is 0 Å². The molecule has 0 fully saturated rings. The standard InChI is InChI=1S/C16H19F3N2O3/c1-10-8-12(11(2)22)5-6-13(10)15(24)20-7-3-4-14(23)21-9-16(17,18)19/h3,7-8H,4-6,9H2,1-2H3,(H,20,24)(H,21,23)/b7-3+. The van der Waals surface area contributed by atoms with Gasteiger partial charge in [-0.1, -0.05) is 12.2 Å². The van der Waals surface area contributed by atoms with E-state index in [1.807, 2.05) is 0 Å². The molecule has 0 heterocycles. The predicted molar refractivity (Wildman–Crippen MR) is 81.7 cm³/mol. The lowest BCUT2D eigenvalue weighted by Gasteiger charge is -2.15. The Morgan fingerprint density at radius 3 is 2.46 bits per heavy atom. The van der Waals surface area contributed by atoms with E-state index in [0.29, 0.717) is 29.6 Å². The van der Waals surface area contributed by atoms with Gasteiger partial charge in [-0.25, -0.2) is 0 Å². The summed E-state index contributed by atoms with van der Waals surface area (Å²) < 4.78 is 35.7. The molecule has 24 heavy (non-hydrogen) atoms. The molecule has 0 aromatic carbocycles. The van der Waals surface area contributed by atoms with Crippen LogP contribution in [0, 0.1) is 0 Å². The van der Waals surface area contributed by atoms with E-state index in [-0.39, 0.29) is 18.1 Å². The lowest BCUT2D eigenvalue weighted by atomic mass is 9.91. The fourth-order valence-electron chi connectivity index (χ4n) is 2.11. The van der Waals surface area contributed by atoms with Gasteiger partial charge >= 0.3 is 6.18 Å². The Hall–Kier alpha value is -2.38. The quantitative estimate of drug-likeness (QED) is 0.776. The van der Waals surface area contributed by atoms with Gasteiger partial charge in [0.05, 0.1) is 0 Å². The minimum Gasteiger partial charge on any atom is -0.347 e. The molecule has 1 aliphatic carbocycles. The van der Waals surface area contributed by atoms with Crippen LogP contribution in [0.5, 0.6) is 0 Å². The topological polar surface area (TPSA) is 75.3 Å². The van der Waals surface area contributed by atoms with Crippen LogP contribution in [0.3, 0.4) is 0 Å². The van der Waals surface area contributed by atoms with Crippen molar-refractivity contribution in [2.24, 2.45) is 0 Å². The third kappa shape index (κ3) is 6.80. The summed E-state index contributed by atoms with van der Waals surface area (Å²) >= 11 is 0. The largest absolute Gasteiger partial charge is 0.405 e. The summed E-state index contributed by atoms with van der Waals surface area (Å²) in [4.78, 5) is 34.5. The molecule has 0 atom stereocenters. The molecule has 1 rings (SSSR count). The van der Waals surface area contributed by atoms with Crippen molar-refractivity contribution in [3.63, 3.8) is 0 Å². The maximum Gasteiger partial charge on any atom is 0.405 e. The lowest BCUT2D eigenvalue weighted by Crippen LogP contribution is -2.33. The van der Waals surface area contributed by atoms with Gasteiger partial charge in [-0.2, -0.15) is 13.2 Å². The summed E-state index contributed by atoms with van der Waals surface area (Å²) in [5.41, 5.74) is 1.90. The van der Waals surface area contributed by atoms with Crippen molar-refractivity contribution in [2.75, 3.05) is 6.54 Å². The summed E-state index contributed by atoms with van der Waals surface area (Å²) in [6.07, 6.45) is 0.351. The molecular weight excluding hydrogens is 325 g/mol. The molecule has 1 aliphatic rings. The number of hydrogen-bond acceptors (Lipinski definition) is 3. The Morgan fingerprint density at radius 2 is 1.92 bits per heavy atom. The number of rotatable bonds is 6. The van der Waals surface area contributed by atoms with Crippen LogP contribution in [-0.4, -0.2) is 30.3 Å². The molecule has 132 valence electrons. The lowest BCUT2D eigenvalue weighted by molar-refractivity contribution is -0.137. The van der Waals surface area contributed by atoms with E-state index in [9.17, 15) is 27.6 Å². The average Bonchev–Trinajstić information content (AvgIpc) is 2.48. The van der Waals surface area contributed by atoms with Gasteiger partial charge in [-0.15, -0.1) is 0 Å². The highest BCUT2D eigenvalue weighted by molar-refractivity contribution is 5.99. The molecule has 0 radical (unpaired) electrons.